The highest BCUT2D eigenvalue weighted by molar-refractivity contribution is 4.73. The first-order valence-corrected chi connectivity index (χ1v) is 7.73. The second-order valence-corrected chi connectivity index (χ2v) is 5.89. The summed E-state index contributed by atoms with van der Waals surface area (Å²) in [7, 11) is 0. The van der Waals surface area contributed by atoms with Gasteiger partial charge in [-0.15, -0.1) is 0 Å². The molecule has 0 radical (unpaired) electrons. The minimum atomic E-state index is 0.393. The molecule has 0 spiro atoms. The summed E-state index contributed by atoms with van der Waals surface area (Å²) in [4.78, 5) is 2.56. The summed E-state index contributed by atoms with van der Waals surface area (Å²) in [6, 6.07) is 0. The highest BCUT2D eigenvalue weighted by Crippen LogP contribution is 2.18. The molecular formula is C15H32N2O. The largest absolute Gasteiger partial charge is 0.373 e. The normalized spacial score (nSPS) is 27.3. The molecule has 3 heteroatoms. The quantitative estimate of drug-likeness (QED) is 0.725. The maximum absolute atomic E-state index is 5.76. The zero-order valence-electron chi connectivity index (χ0n) is 12.5. The van der Waals surface area contributed by atoms with Gasteiger partial charge < -0.3 is 10.5 Å². The second-order valence-electron chi connectivity index (χ2n) is 5.89. The SMILES string of the molecule is CCCC(CCN)CCCN1CC(C)OC(C)C1. The van der Waals surface area contributed by atoms with Crippen molar-refractivity contribution in [1.29, 1.82) is 0 Å². The minimum Gasteiger partial charge on any atom is -0.373 e. The van der Waals surface area contributed by atoms with E-state index >= 15 is 0 Å². The van der Waals surface area contributed by atoms with Crippen molar-refractivity contribution in [2.45, 2.75) is 65.1 Å². The highest BCUT2D eigenvalue weighted by Gasteiger charge is 2.21. The molecule has 3 nitrogen and oxygen atoms in total. The van der Waals surface area contributed by atoms with Crippen LogP contribution in [0.3, 0.4) is 0 Å². The molecular weight excluding hydrogens is 224 g/mol. The van der Waals surface area contributed by atoms with E-state index in [1.165, 1.54) is 38.6 Å². The van der Waals surface area contributed by atoms with E-state index in [4.69, 9.17) is 10.5 Å². The Labute approximate surface area is 113 Å². The van der Waals surface area contributed by atoms with Crippen molar-refractivity contribution in [3.05, 3.63) is 0 Å². The topological polar surface area (TPSA) is 38.5 Å². The third-order valence-electron chi connectivity index (χ3n) is 3.85. The molecule has 1 heterocycles. The van der Waals surface area contributed by atoms with Crippen LogP contribution in [0.1, 0.15) is 52.9 Å². The van der Waals surface area contributed by atoms with E-state index in [-0.39, 0.29) is 0 Å². The molecule has 3 unspecified atom stereocenters. The highest BCUT2D eigenvalue weighted by atomic mass is 16.5. The molecule has 0 saturated carbocycles. The molecule has 3 atom stereocenters. The third-order valence-corrected chi connectivity index (χ3v) is 3.85. The van der Waals surface area contributed by atoms with Gasteiger partial charge in [0.25, 0.3) is 0 Å². The first-order valence-electron chi connectivity index (χ1n) is 7.73. The molecule has 0 bridgehead atoms. The zero-order chi connectivity index (χ0) is 13.4. The van der Waals surface area contributed by atoms with Crippen molar-refractivity contribution in [3.8, 4) is 0 Å². The van der Waals surface area contributed by atoms with Gasteiger partial charge in [0, 0.05) is 13.1 Å². The Hall–Kier alpha value is -0.120. The predicted octanol–water partition coefficient (Wildman–Crippen LogP) is 2.64. The van der Waals surface area contributed by atoms with Gasteiger partial charge in [-0.3, -0.25) is 4.90 Å². The van der Waals surface area contributed by atoms with Crippen LogP contribution < -0.4 is 5.73 Å². The van der Waals surface area contributed by atoms with E-state index < -0.39 is 0 Å². The molecule has 0 aliphatic carbocycles. The molecule has 18 heavy (non-hydrogen) atoms. The van der Waals surface area contributed by atoms with Crippen molar-refractivity contribution in [2.24, 2.45) is 11.7 Å². The molecule has 1 fully saturated rings. The summed E-state index contributed by atoms with van der Waals surface area (Å²) in [5.41, 5.74) is 5.68. The van der Waals surface area contributed by atoms with Crippen molar-refractivity contribution in [1.82, 2.24) is 4.90 Å². The first-order chi connectivity index (χ1) is 8.65. The van der Waals surface area contributed by atoms with Crippen LogP contribution in [0.5, 0.6) is 0 Å². The Morgan fingerprint density at radius 3 is 2.39 bits per heavy atom. The maximum Gasteiger partial charge on any atom is 0.0678 e. The van der Waals surface area contributed by atoms with Crippen LogP contribution in [0.15, 0.2) is 0 Å². The Balaban J connectivity index is 2.18. The summed E-state index contributed by atoms with van der Waals surface area (Å²) in [5, 5.41) is 0. The summed E-state index contributed by atoms with van der Waals surface area (Å²) < 4.78 is 5.76. The van der Waals surface area contributed by atoms with E-state index in [0.717, 1.165) is 25.6 Å². The van der Waals surface area contributed by atoms with Crippen LogP contribution >= 0.6 is 0 Å². The fourth-order valence-electron chi connectivity index (χ4n) is 3.15. The Morgan fingerprint density at radius 2 is 1.83 bits per heavy atom. The van der Waals surface area contributed by atoms with Gasteiger partial charge in [-0.2, -0.15) is 0 Å². The lowest BCUT2D eigenvalue weighted by Crippen LogP contribution is -2.45. The van der Waals surface area contributed by atoms with Crippen LogP contribution in [0.4, 0.5) is 0 Å². The third kappa shape index (κ3) is 6.17. The van der Waals surface area contributed by atoms with Crippen molar-refractivity contribution >= 4 is 0 Å². The van der Waals surface area contributed by atoms with Gasteiger partial charge in [0.15, 0.2) is 0 Å². The van der Waals surface area contributed by atoms with Crippen molar-refractivity contribution in [3.63, 3.8) is 0 Å². The fourth-order valence-corrected chi connectivity index (χ4v) is 3.15. The molecule has 108 valence electrons. The summed E-state index contributed by atoms with van der Waals surface area (Å²) in [6.45, 7) is 10.9. The van der Waals surface area contributed by atoms with Gasteiger partial charge in [-0.25, -0.2) is 0 Å². The van der Waals surface area contributed by atoms with Crippen LogP contribution in [0.25, 0.3) is 0 Å². The lowest BCUT2D eigenvalue weighted by atomic mass is 9.94. The van der Waals surface area contributed by atoms with Gasteiger partial charge >= 0.3 is 0 Å². The average molecular weight is 256 g/mol. The molecule has 2 N–H and O–H groups in total. The second kappa shape index (κ2) is 8.89. The summed E-state index contributed by atoms with van der Waals surface area (Å²) >= 11 is 0. The van der Waals surface area contributed by atoms with E-state index in [1.54, 1.807) is 0 Å². The molecule has 1 aliphatic rings. The predicted molar refractivity (Wildman–Crippen MR) is 77.8 cm³/mol. The number of morpholine rings is 1. The molecule has 0 aromatic carbocycles. The van der Waals surface area contributed by atoms with E-state index in [9.17, 15) is 0 Å². The molecule has 1 rings (SSSR count). The van der Waals surface area contributed by atoms with Crippen LogP contribution in [-0.4, -0.2) is 43.3 Å². The monoisotopic (exact) mass is 256 g/mol. The Morgan fingerprint density at radius 1 is 1.17 bits per heavy atom. The van der Waals surface area contributed by atoms with E-state index in [2.05, 4.69) is 25.7 Å². The minimum absolute atomic E-state index is 0.393. The molecule has 0 amide bonds. The first kappa shape index (κ1) is 15.9. The fraction of sp³-hybridized carbons (Fsp3) is 1.00. The van der Waals surface area contributed by atoms with Gasteiger partial charge in [-0.1, -0.05) is 19.8 Å². The number of hydrogen-bond acceptors (Lipinski definition) is 3. The lowest BCUT2D eigenvalue weighted by molar-refractivity contribution is -0.0683. The van der Waals surface area contributed by atoms with Gasteiger partial charge in [0.2, 0.25) is 0 Å². The van der Waals surface area contributed by atoms with Crippen LogP contribution in [-0.2, 0) is 4.74 Å². The van der Waals surface area contributed by atoms with E-state index in [0.29, 0.717) is 12.2 Å². The number of hydrogen-bond donors (Lipinski definition) is 1. The molecule has 0 aromatic rings. The van der Waals surface area contributed by atoms with Gasteiger partial charge in [0.1, 0.15) is 0 Å². The standard InChI is InChI=1S/C15H32N2O/c1-4-6-15(8-9-16)7-5-10-17-11-13(2)18-14(3)12-17/h13-15H,4-12,16H2,1-3H3. The number of nitrogens with zero attached hydrogens (tertiary/aromatic N) is 1. The molecule has 1 aliphatic heterocycles. The lowest BCUT2D eigenvalue weighted by Gasteiger charge is -2.35. The Kier molecular flexibility index (Phi) is 7.87. The number of ether oxygens (including phenoxy) is 1. The number of nitrogens with two attached hydrogens (primary N) is 1. The van der Waals surface area contributed by atoms with Crippen molar-refractivity contribution in [2.75, 3.05) is 26.2 Å². The molecule has 0 aromatic heterocycles. The molecule has 1 saturated heterocycles. The van der Waals surface area contributed by atoms with Crippen LogP contribution in [0.2, 0.25) is 0 Å². The Bertz CT molecular complexity index is 195. The van der Waals surface area contributed by atoms with Gasteiger partial charge in [-0.05, 0) is 52.1 Å². The maximum atomic E-state index is 5.76. The van der Waals surface area contributed by atoms with Crippen LogP contribution in [0, 0.1) is 5.92 Å². The zero-order valence-corrected chi connectivity index (χ0v) is 12.5. The van der Waals surface area contributed by atoms with Crippen molar-refractivity contribution < 1.29 is 4.74 Å². The number of rotatable bonds is 8. The van der Waals surface area contributed by atoms with E-state index in [1.807, 2.05) is 0 Å². The average Bonchev–Trinajstić information content (AvgIpc) is 2.28. The summed E-state index contributed by atoms with van der Waals surface area (Å²) in [6.07, 6.45) is 7.26. The van der Waals surface area contributed by atoms with Gasteiger partial charge in [0.05, 0.1) is 12.2 Å². The smallest absolute Gasteiger partial charge is 0.0678 e. The summed E-state index contributed by atoms with van der Waals surface area (Å²) in [5.74, 6) is 0.843.